The summed E-state index contributed by atoms with van der Waals surface area (Å²) in [5.74, 6) is -2.80. The molecule has 3 rings (SSSR count). The van der Waals surface area contributed by atoms with E-state index in [4.69, 9.17) is 11.6 Å². The summed E-state index contributed by atoms with van der Waals surface area (Å²) < 4.78 is 29.3. The van der Waals surface area contributed by atoms with Crippen LogP contribution in [0.1, 0.15) is 50.6 Å². The fourth-order valence-corrected chi connectivity index (χ4v) is 4.49. The van der Waals surface area contributed by atoms with Gasteiger partial charge in [-0.1, -0.05) is 31.4 Å². The van der Waals surface area contributed by atoms with Crippen LogP contribution < -0.4 is 10.6 Å². The summed E-state index contributed by atoms with van der Waals surface area (Å²) in [4.78, 5) is 37.7. The highest BCUT2D eigenvalue weighted by Gasteiger charge is 2.34. The summed E-state index contributed by atoms with van der Waals surface area (Å²) in [6.45, 7) is 2.10. The number of carbonyl (C=O) groups excluding carboxylic acids is 3. The van der Waals surface area contributed by atoms with Crippen molar-refractivity contribution in [3.8, 4) is 0 Å². The third-order valence-corrected chi connectivity index (χ3v) is 6.38. The number of benzene rings is 1. The fourth-order valence-electron chi connectivity index (χ4n) is 4.32. The van der Waals surface area contributed by atoms with Crippen LogP contribution in [0.4, 0.5) is 13.6 Å². The van der Waals surface area contributed by atoms with Crippen LogP contribution in [0.5, 0.6) is 0 Å². The van der Waals surface area contributed by atoms with Gasteiger partial charge in [-0.3, -0.25) is 14.5 Å². The molecule has 6 nitrogen and oxygen atoms in total. The number of hydrogen-bond acceptors (Lipinski definition) is 3. The Hall–Kier alpha value is -2.22. The molecule has 2 N–H and O–H groups in total. The molecule has 0 aromatic heterocycles. The van der Waals surface area contributed by atoms with Crippen molar-refractivity contribution in [2.75, 3.05) is 13.6 Å². The molecule has 1 aromatic rings. The first-order valence-electron chi connectivity index (χ1n) is 10.2. The average Bonchev–Trinajstić information content (AvgIpc) is 3.06. The van der Waals surface area contributed by atoms with Gasteiger partial charge in [0, 0.05) is 25.6 Å². The Morgan fingerprint density at radius 3 is 2.73 bits per heavy atom. The van der Waals surface area contributed by atoms with Gasteiger partial charge < -0.3 is 10.6 Å². The molecule has 0 bridgehead atoms. The van der Waals surface area contributed by atoms with Crippen LogP contribution in [0.3, 0.4) is 0 Å². The molecule has 4 amide bonds. The second-order valence-corrected chi connectivity index (χ2v) is 8.79. The van der Waals surface area contributed by atoms with Gasteiger partial charge in [0.05, 0.1) is 17.0 Å². The number of rotatable bonds is 5. The van der Waals surface area contributed by atoms with Gasteiger partial charge in [-0.2, -0.15) is 0 Å². The molecule has 1 aliphatic heterocycles. The van der Waals surface area contributed by atoms with E-state index in [0.717, 1.165) is 36.3 Å². The number of halogens is 3. The van der Waals surface area contributed by atoms with E-state index >= 15 is 0 Å². The molecule has 9 heteroatoms. The van der Waals surface area contributed by atoms with Crippen molar-refractivity contribution < 1.29 is 23.2 Å². The van der Waals surface area contributed by atoms with Crippen LogP contribution in [0.15, 0.2) is 12.1 Å². The number of amides is 4. The first kappa shape index (κ1) is 22.5. The lowest BCUT2D eigenvalue weighted by Gasteiger charge is -2.25. The molecular weight excluding hydrogens is 416 g/mol. The summed E-state index contributed by atoms with van der Waals surface area (Å²) in [5.41, 5.74) is -0.267. The van der Waals surface area contributed by atoms with Gasteiger partial charge in [0.1, 0.15) is 11.6 Å². The Kier molecular flexibility index (Phi) is 6.95. The van der Waals surface area contributed by atoms with E-state index in [9.17, 15) is 23.2 Å². The fraction of sp³-hybridized carbons (Fsp3) is 0.571. The van der Waals surface area contributed by atoms with E-state index in [1.165, 1.54) is 7.05 Å². The maximum absolute atomic E-state index is 14.7. The third kappa shape index (κ3) is 4.91. The van der Waals surface area contributed by atoms with Crippen LogP contribution in [0.2, 0.25) is 5.02 Å². The SMILES string of the molecule is CC1CCC(CC(NC(=O)C2CNC(=O)N(C)C(=O)C2)c2c(F)ccc(Cl)c2F)C1. The minimum absolute atomic E-state index is 0.0333. The lowest BCUT2D eigenvalue weighted by atomic mass is 9.91. The molecule has 1 saturated heterocycles. The van der Waals surface area contributed by atoms with Crippen LogP contribution in [0, 0.1) is 29.4 Å². The van der Waals surface area contributed by atoms with Gasteiger partial charge in [-0.05, 0) is 36.8 Å². The molecule has 2 aliphatic rings. The lowest BCUT2D eigenvalue weighted by molar-refractivity contribution is -0.133. The zero-order valence-electron chi connectivity index (χ0n) is 17.0. The number of nitrogens with zero attached hydrogens (tertiary/aromatic N) is 1. The number of urea groups is 1. The summed E-state index contributed by atoms with van der Waals surface area (Å²) in [5, 5.41) is 5.03. The van der Waals surface area contributed by atoms with Crippen LogP contribution in [-0.4, -0.2) is 36.3 Å². The number of hydrogen-bond donors (Lipinski definition) is 2. The predicted octanol–water partition coefficient (Wildman–Crippen LogP) is 3.79. The standard InChI is InChI=1S/C21H26ClF2N3O3/c1-11-3-4-12(7-11)8-16(18-15(23)6-5-14(22)19(18)24)26-20(29)13-9-17(28)27(2)21(30)25-10-13/h5-6,11-13,16H,3-4,7-10H2,1-2H3,(H,25,30)(H,26,29). The maximum atomic E-state index is 14.7. The molecule has 1 aliphatic carbocycles. The van der Waals surface area contributed by atoms with Gasteiger partial charge >= 0.3 is 6.03 Å². The molecule has 1 saturated carbocycles. The van der Waals surface area contributed by atoms with E-state index < -0.39 is 41.4 Å². The summed E-state index contributed by atoms with van der Waals surface area (Å²) in [6, 6.07) is 0.723. The minimum atomic E-state index is -0.918. The Balaban J connectivity index is 1.84. The van der Waals surface area contributed by atoms with Crippen molar-refractivity contribution >= 4 is 29.4 Å². The molecule has 164 valence electrons. The zero-order chi connectivity index (χ0) is 22.0. The molecule has 0 spiro atoms. The Bertz CT molecular complexity index is 851. The van der Waals surface area contributed by atoms with E-state index in [1.807, 2.05) is 0 Å². The molecule has 4 atom stereocenters. The van der Waals surface area contributed by atoms with Crippen molar-refractivity contribution in [2.24, 2.45) is 17.8 Å². The normalized spacial score (nSPS) is 25.6. The van der Waals surface area contributed by atoms with Crippen molar-refractivity contribution in [1.29, 1.82) is 0 Å². The van der Waals surface area contributed by atoms with E-state index in [0.29, 0.717) is 12.3 Å². The molecule has 30 heavy (non-hydrogen) atoms. The lowest BCUT2D eigenvalue weighted by Crippen LogP contribution is -2.40. The number of carbonyl (C=O) groups is 3. The van der Waals surface area contributed by atoms with Crippen LogP contribution in [-0.2, 0) is 9.59 Å². The summed E-state index contributed by atoms with van der Waals surface area (Å²) >= 11 is 5.88. The maximum Gasteiger partial charge on any atom is 0.323 e. The van der Waals surface area contributed by atoms with Gasteiger partial charge in [-0.15, -0.1) is 0 Å². The smallest absolute Gasteiger partial charge is 0.323 e. The van der Waals surface area contributed by atoms with Crippen molar-refractivity contribution in [3.63, 3.8) is 0 Å². The molecule has 1 aromatic carbocycles. The van der Waals surface area contributed by atoms with E-state index in [1.54, 1.807) is 0 Å². The number of nitrogens with one attached hydrogen (secondary N) is 2. The van der Waals surface area contributed by atoms with Gasteiger partial charge in [-0.25, -0.2) is 13.6 Å². The van der Waals surface area contributed by atoms with E-state index in [2.05, 4.69) is 17.6 Å². The molecular formula is C21H26ClF2N3O3. The first-order valence-corrected chi connectivity index (χ1v) is 10.5. The highest BCUT2D eigenvalue weighted by Crippen LogP contribution is 2.38. The largest absolute Gasteiger partial charge is 0.349 e. The second-order valence-electron chi connectivity index (χ2n) is 8.38. The van der Waals surface area contributed by atoms with Crippen LogP contribution in [0.25, 0.3) is 0 Å². The topological polar surface area (TPSA) is 78.5 Å². The zero-order valence-corrected chi connectivity index (χ0v) is 17.8. The Morgan fingerprint density at radius 2 is 2.07 bits per heavy atom. The van der Waals surface area contributed by atoms with Gasteiger partial charge in [0.15, 0.2) is 0 Å². The monoisotopic (exact) mass is 441 g/mol. The van der Waals surface area contributed by atoms with Gasteiger partial charge in [0.2, 0.25) is 11.8 Å². The highest BCUT2D eigenvalue weighted by molar-refractivity contribution is 6.30. The minimum Gasteiger partial charge on any atom is -0.349 e. The summed E-state index contributed by atoms with van der Waals surface area (Å²) in [6.07, 6.45) is 3.06. The molecule has 1 heterocycles. The van der Waals surface area contributed by atoms with Gasteiger partial charge in [0.25, 0.3) is 0 Å². The Morgan fingerprint density at radius 1 is 1.33 bits per heavy atom. The van der Waals surface area contributed by atoms with Crippen molar-refractivity contribution in [2.45, 2.75) is 45.1 Å². The molecule has 0 radical (unpaired) electrons. The quantitative estimate of drug-likeness (QED) is 0.682. The predicted molar refractivity (Wildman–Crippen MR) is 108 cm³/mol. The Labute approximate surface area is 179 Å². The average molecular weight is 442 g/mol. The van der Waals surface area contributed by atoms with E-state index in [-0.39, 0.29) is 29.5 Å². The molecule has 2 fully saturated rings. The number of imide groups is 1. The third-order valence-electron chi connectivity index (χ3n) is 6.09. The van der Waals surface area contributed by atoms with Crippen molar-refractivity contribution in [3.05, 3.63) is 34.4 Å². The second kappa shape index (κ2) is 9.29. The molecule has 4 unspecified atom stereocenters. The highest BCUT2D eigenvalue weighted by atomic mass is 35.5. The summed E-state index contributed by atoms with van der Waals surface area (Å²) in [7, 11) is 1.33. The van der Waals surface area contributed by atoms with Crippen molar-refractivity contribution in [1.82, 2.24) is 15.5 Å². The van der Waals surface area contributed by atoms with Crippen LogP contribution >= 0.6 is 11.6 Å². The first-order chi connectivity index (χ1) is 14.2.